The second-order valence-electron chi connectivity index (χ2n) is 5.37. The number of rotatable bonds is 6. The van der Waals surface area contributed by atoms with Crippen LogP contribution in [-0.2, 0) is 19.8 Å². The first kappa shape index (κ1) is 16.9. The van der Waals surface area contributed by atoms with Crippen molar-refractivity contribution in [1.29, 1.82) is 0 Å². The lowest BCUT2D eigenvalue weighted by Gasteiger charge is -2.34. The molecule has 0 amide bonds. The summed E-state index contributed by atoms with van der Waals surface area (Å²) in [5.41, 5.74) is 0. The summed E-state index contributed by atoms with van der Waals surface area (Å²) < 4.78 is 27.4. The molecule has 3 atom stereocenters. The van der Waals surface area contributed by atoms with Crippen molar-refractivity contribution >= 4 is 22.1 Å². The van der Waals surface area contributed by atoms with Crippen LogP contribution in [0.4, 0.5) is 0 Å². The zero-order valence-corrected chi connectivity index (χ0v) is 12.3. The van der Waals surface area contributed by atoms with Crippen LogP contribution in [0.5, 0.6) is 0 Å². The van der Waals surface area contributed by atoms with Gasteiger partial charge in [0, 0.05) is 13.1 Å². The molecule has 3 unspecified atom stereocenters. The minimum atomic E-state index is -4.00. The van der Waals surface area contributed by atoms with Crippen molar-refractivity contribution in [2.24, 2.45) is 11.8 Å². The molecule has 1 aliphatic heterocycles. The van der Waals surface area contributed by atoms with E-state index >= 15 is 0 Å². The maximum atomic E-state index is 12.1. The van der Waals surface area contributed by atoms with Crippen LogP contribution >= 0.6 is 0 Å². The molecule has 8 nitrogen and oxygen atoms in total. The fraction of sp³-hybridized carbons (Fsp3) is 0.818. The number of carboxylic acid groups (broad SMARTS) is 2. The number of aliphatic carboxylic acids is 2. The third-order valence-electron chi connectivity index (χ3n) is 3.14. The van der Waals surface area contributed by atoms with Crippen LogP contribution in [-0.4, -0.2) is 54.0 Å². The molecule has 3 N–H and O–H groups in total. The lowest BCUT2D eigenvalue weighted by Crippen LogP contribution is -2.52. The minimum Gasteiger partial charge on any atom is -0.481 e. The van der Waals surface area contributed by atoms with Crippen molar-refractivity contribution in [2.45, 2.75) is 32.7 Å². The maximum Gasteiger partial charge on any atom is 0.322 e. The molecule has 0 aromatic carbocycles. The molecule has 0 aliphatic carbocycles. The molecule has 0 radical (unpaired) electrons. The highest BCUT2D eigenvalue weighted by molar-refractivity contribution is 7.87. The first-order valence-electron chi connectivity index (χ1n) is 6.33. The van der Waals surface area contributed by atoms with Gasteiger partial charge in [-0.2, -0.15) is 17.4 Å². The Morgan fingerprint density at radius 3 is 2.15 bits per heavy atom. The smallest absolute Gasteiger partial charge is 0.322 e. The number of nitrogens with one attached hydrogen (secondary N) is 1. The fourth-order valence-corrected chi connectivity index (χ4v) is 4.00. The van der Waals surface area contributed by atoms with Crippen LogP contribution in [0.25, 0.3) is 0 Å². The maximum absolute atomic E-state index is 12.1. The third kappa shape index (κ3) is 4.73. The summed E-state index contributed by atoms with van der Waals surface area (Å²) in [5, 5.41) is 17.5. The van der Waals surface area contributed by atoms with Crippen molar-refractivity contribution in [3.05, 3.63) is 0 Å². The number of carboxylic acids is 2. The van der Waals surface area contributed by atoms with Gasteiger partial charge in [0.25, 0.3) is 10.2 Å². The number of hydrogen-bond donors (Lipinski definition) is 3. The van der Waals surface area contributed by atoms with E-state index in [-0.39, 0.29) is 11.8 Å². The van der Waals surface area contributed by atoms with E-state index in [9.17, 15) is 18.0 Å². The summed E-state index contributed by atoms with van der Waals surface area (Å²) in [6.45, 7) is 4.45. The zero-order chi connectivity index (χ0) is 15.5. The van der Waals surface area contributed by atoms with Crippen LogP contribution < -0.4 is 4.72 Å². The second-order valence-corrected chi connectivity index (χ2v) is 7.08. The average Bonchev–Trinajstić information content (AvgIpc) is 2.25. The van der Waals surface area contributed by atoms with Crippen LogP contribution in [0.15, 0.2) is 0 Å². The van der Waals surface area contributed by atoms with E-state index in [2.05, 4.69) is 0 Å². The average molecular weight is 308 g/mol. The largest absolute Gasteiger partial charge is 0.481 e. The molecule has 9 heteroatoms. The van der Waals surface area contributed by atoms with Gasteiger partial charge < -0.3 is 10.2 Å². The highest BCUT2D eigenvalue weighted by atomic mass is 32.2. The Hall–Kier alpha value is -1.19. The zero-order valence-electron chi connectivity index (χ0n) is 11.4. The first-order valence-corrected chi connectivity index (χ1v) is 7.77. The molecule has 0 saturated carbocycles. The van der Waals surface area contributed by atoms with Crippen molar-refractivity contribution in [1.82, 2.24) is 9.03 Å². The van der Waals surface area contributed by atoms with Crippen LogP contribution in [0.2, 0.25) is 0 Å². The summed E-state index contributed by atoms with van der Waals surface area (Å²) in [6, 6.07) is -1.66. The Kier molecular flexibility index (Phi) is 5.49. The van der Waals surface area contributed by atoms with Gasteiger partial charge in [-0.3, -0.25) is 9.59 Å². The molecule has 1 aliphatic rings. The lowest BCUT2D eigenvalue weighted by atomic mass is 9.94. The molecule has 1 saturated heterocycles. The summed E-state index contributed by atoms with van der Waals surface area (Å²) in [5.74, 6) is -2.52. The quantitative estimate of drug-likeness (QED) is 0.620. The molecular weight excluding hydrogens is 288 g/mol. The predicted molar refractivity (Wildman–Crippen MR) is 70.3 cm³/mol. The highest BCUT2D eigenvalue weighted by Gasteiger charge is 2.34. The van der Waals surface area contributed by atoms with Gasteiger partial charge in [0.15, 0.2) is 0 Å². The SMILES string of the molecule is CC1CC(C)CN(S(=O)(=O)NC(CC(=O)O)C(=O)O)C1. The van der Waals surface area contributed by atoms with Crippen molar-refractivity contribution in [2.75, 3.05) is 13.1 Å². The Morgan fingerprint density at radius 2 is 1.75 bits per heavy atom. The molecular formula is C11H20N2O6S. The van der Waals surface area contributed by atoms with Gasteiger partial charge in [-0.1, -0.05) is 13.8 Å². The fourth-order valence-electron chi connectivity index (χ4n) is 2.41. The van der Waals surface area contributed by atoms with Crippen LogP contribution in [0, 0.1) is 11.8 Å². The molecule has 1 rings (SSSR count). The molecule has 1 fully saturated rings. The summed E-state index contributed by atoms with van der Waals surface area (Å²) in [6.07, 6.45) is 0.108. The topological polar surface area (TPSA) is 124 Å². The number of nitrogens with zero attached hydrogens (tertiary/aromatic N) is 1. The molecule has 20 heavy (non-hydrogen) atoms. The molecule has 0 aromatic rings. The minimum absolute atomic E-state index is 0.179. The number of piperidine rings is 1. The summed E-state index contributed by atoms with van der Waals surface area (Å²) in [7, 11) is -4.00. The Morgan fingerprint density at radius 1 is 1.25 bits per heavy atom. The van der Waals surface area contributed by atoms with E-state index in [0.717, 1.165) is 6.42 Å². The van der Waals surface area contributed by atoms with E-state index in [1.54, 1.807) is 0 Å². The van der Waals surface area contributed by atoms with E-state index in [4.69, 9.17) is 10.2 Å². The molecule has 0 spiro atoms. The van der Waals surface area contributed by atoms with Gasteiger partial charge in [-0.15, -0.1) is 0 Å². The van der Waals surface area contributed by atoms with E-state index in [1.807, 2.05) is 18.6 Å². The van der Waals surface area contributed by atoms with E-state index < -0.39 is 34.6 Å². The predicted octanol–water partition coefficient (Wildman–Crippen LogP) is -0.273. The van der Waals surface area contributed by atoms with Gasteiger partial charge >= 0.3 is 11.9 Å². The van der Waals surface area contributed by atoms with Crippen molar-refractivity contribution in [3.8, 4) is 0 Å². The van der Waals surface area contributed by atoms with Gasteiger partial charge in [0.2, 0.25) is 0 Å². The van der Waals surface area contributed by atoms with E-state index in [0.29, 0.717) is 13.1 Å². The van der Waals surface area contributed by atoms with E-state index in [1.165, 1.54) is 4.31 Å². The Balaban J connectivity index is 2.81. The second kappa shape index (κ2) is 6.51. The Bertz CT molecular complexity index is 467. The van der Waals surface area contributed by atoms with Crippen molar-refractivity contribution < 1.29 is 28.2 Å². The highest BCUT2D eigenvalue weighted by Crippen LogP contribution is 2.22. The van der Waals surface area contributed by atoms with Gasteiger partial charge in [0.05, 0.1) is 6.42 Å². The molecule has 0 bridgehead atoms. The standard InChI is InChI=1S/C11H20N2O6S/c1-7-3-8(2)6-13(5-7)20(18,19)12-9(11(16)17)4-10(14)15/h7-9,12H,3-6H2,1-2H3,(H,14,15)(H,16,17). The summed E-state index contributed by atoms with van der Waals surface area (Å²) in [4.78, 5) is 21.5. The van der Waals surface area contributed by atoms with Gasteiger partial charge in [-0.25, -0.2) is 0 Å². The molecule has 1 heterocycles. The van der Waals surface area contributed by atoms with Gasteiger partial charge in [0.1, 0.15) is 6.04 Å². The van der Waals surface area contributed by atoms with Crippen LogP contribution in [0.3, 0.4) is 0 Å². The normalized spacial score (nSPS) is 26.1. The monoisotopic (exact) mass is 308 g/mol. The lowest BCUT2D eigenvalue weighted by molar-refractivity contribution is -0.145. The molecule has 0 aromatic heterocycles. The first-order chi connectivity index (χ1) is 9.11. The number of hydrogen-bond acceptors (Lipinski definition) is 4. The third-order valence-corrected chi connectivity index (χ3v) is 4.70. The van der Waals surface area contributed by atoms with Gasteiger partial charge in [-0.05, 0) is 18.3 Å². The number of carbonyl (C=O) groups is 2. The molecule has 116 valence electrons. The summed E-state index contributed by atoms with van der Waals surface area (Å²) >= 11 is 0. The Labute approximate surface area is 118 Å². The van der Waals surface area contributed by atoms with Crippen molar-refractivity contribution in [3.63, 3.8) is 0 Å². The van der Waals surface area contributed by atoms with Crippen LogP contribution in [0.1, 0.15) is 26.7 Å².